The molecule has 1 aliphatic rings. The average molecular weight is 280 g/mol. The van der Waals surface area contributed by atoms with E-state index in [4.69, 9.17) is 10.5 Å². The lowest BCUT2D eigenvalue weighted by atomic mass is 10.2. The van der Waals surface area contributed by atoms with Crippen LogP contribution in [0.2, 0.25) is 0 Å². The van der Waals surface area contributed by atoms with Crippen molar-refractivity contribution in [1.29, 1.82) is 0 Å². The average Bonchev–Trinajstić information content (AvgIpc) is 2.98. The van der Waals surface area contributed by atoms with Gasteiger partial charge in [-0.1, -0.05) is 0 Å². The van der Waals surface area contributed by atoms with E-state index in [1.165, 1.54) is 11.3 Å². The highest BCUT2D eigenvalue weighted by Crippen LogP contribution is 2.26. The second-order valence-corrected chi connectivity index (χ2v) is 5.05. The van der Waals surface area contributed by atoms with Crippen molar-refractivity contribution in [3.05, 3.63) is 17.3 Å². The van der Waals surface area contributed by atoms with Crippen LogP contribution < -0.4 is 10.6 Å². The van der Waals surface area contributed by atoms with Gasteiger partial charge in [0.2, 0.25) is 5.91 Å². The molecule has 1 atom stereocenters. The van der Waals surface area contributed by atoms with Crippen molar-refractivity contribution in [3.8, 4) is 0 Å². The van der Waals surface area contributed by atoms with Crippen LogP contribution in [0.1, 0.15) is 10.5 Å². The number of carbonyl (C=O) groups excluding carboxylic acids is 2. The minimum Gasteiger partial charge on any atom is -0.377 e. The van der Waals surface area contributed by atoms with Crippen molar-refractivity contribution < 1.29 is 14.3 Å². The van der Waals surface area contributed by atoms with Gasteiger partial charge in [0.25, 0.3) is 0 Å². The van der Waals surface area contributed by atoms with Gasteiger partial charge in [0.05, 0.1) is 13.2 Å². The van der Waals surface area contributed by atoms with E-state index in [1.807, 2.05) is 5.38 Å². The van der Waals surface area contributed by atoms with Crippen LogP contribution in [0.15, 0.2) is 11.6 Å². The smallest absolute Gasteiger partial charge is 0.242 e. The van der Waals surface area contributed by atoms with Gasteiger partial charge in [0, 0.05) is 18.1 Å². The Kier molecular flexibility index (Phi) is 2.96. The summed E-state index contributed by atoms with van der Waals surface area (Å²) < 4.78 is 6.97. The largest absolute Gasteiger partial charge is 0.377 e. The maximum absolute atomic E-state index is 11.5. The molecule has 7 nitrogen and oxygen atoms in total. The van der Waals surface area contributed by atoms with Gasteiger partial charge in [-0.2, -0.15) is 0 Å². The number of carbonyl (C=O) groups is 2. The van der Waals surface area contributed by atoms with Gasteiger partial charge in [0.1, 0.15) is 11.7 Å². The third-order valence-electron chi connectivity index (χ3n) is 3.12. The highest BCUT2D eigenvalue weighted by atomic mass is 32.1. The number of rotatable bonds is 3. The molecule has 3 rings (SSSR count). The Morgan fingerprint density at radius 2 is 2.47 bits per heavy atom. The molecule has 100 valence electrons. The summed E-state index contributed by atoms with van der Waals surface area (Å²) in [5.74, 6) is 0.0156. The molecule has 1 unspecified atom stereocenters. The molecular formula is C11H12N4O3S. The standard InChI is InChI=1S/C11H12N4O3S/c12-9(17)8-6-18-3-1-14(8)10-7(5-16)15-2-4-19-11(15)13-10/h2,4-5,8H,1,3,6H2,(H2,12,17). The van der Waals surface area contributed by atoms with Crippen molar-refractivity contribution in [3.63, 3.8) is 0 Å². The molecule has 1 fully saturated rings. The van der Waals surface area contributed by atoms with Crippen LogP contribution in [-0.4, -0.2) is 47.4 Å². The molecule has 0 aliphatic carbocycles. The number of aromatic nitrogens is 2. The Hall–Kier alpha value is -1.93. The summed E-state index contributed by atoms with van der Waals surface area (Å²) in [6.45, 7) is 1.19. The van der Waals surface area contributed by atoms with E-state index in [0.29, 0.717) is 29.6 Å². The van der Waals surface area contributed by atoms with Gasteiger partial charge in [-0.25, -0.2) is 4.98 Å². The Morgan fingerprint density at radius 3 is 3.21 bits per heavy atom. The summed E-state index contributed by atoms with van der Waals surface area (Å²) >= 11 is 1.43. The van der Waals surface area contributed by atoms with Crippen LogP contribution in [0.5, 0.6) is 0 Å². The number of nitrogens with two attached hydrogens (primary N) is 1. The number of fused-ring (bicyclic) bond motifs is 1. The molecule has 2 aromatic rings. The summed E-state index contributed by atoms with van der Waals surface area (Å²) in [6, 6.07) is -0.586. The van der Waals surface area contributed by atoms with Crippen LogP contribution in [-0.2, 0) is 9.53 Å². The maximum Gasteiger partial charge on any atom is 0.242 e. The third kappa shape index (κ3) is 1.89. The molecule has 8 heteroatoms. The van der Waals surface area contributed by atoms with E-state index in [0.717, 1.165) is 6.29 Å². The number of imidazole rings is 1. The molecule has 0 spiro atoms. The zero-order valence-electron chi connectivity index (χ0n) is 9.98. The lowest BCUT2D eigenvalue weighted by molar-refractivity contribution is -0.121. The molecule has 0 bridgehead atoms. The van der Waals surface area contributed by atoms with Gasteiger partial charge in [-0.05, 0) is 0 Å². The predicted octanol–water partition coefficient (Wildman–Crippen LogP) is -0.101. The molecule has 2 aromatic heterocycles. The molecule has 3 heterocycles. The highest BCUT2D eigenvalue weighted by Gasteiger charge is 2.31. The number of anilines is 1. The Bertz CT molecular complexity index is 635. The Balaban J connectivity index is 2.08. The minimum absolute atomic E-state index is 0.221. The summed E-state index contributed by atoms with van der Waals surface area (Å²) in [4.78, 5) is 29.6. The first-order valence-electron chi connectivity index (χ1n) is 5.77. The van der Waals surface area contributed by atoms with E-state index < -0.39 is 11.9 Å². The Labute approximate surface area is 112 Å². The fraction of sp³-hybridized carbons (Fsp3) is 0.364. The van der Waals surface area contributed by atoms with Crippen LogP contribution in [0, 0.1) is 0 Å². The summed E-state index contributed by atoms with van der Waals surface area (Å²) in [6.07, 6.45) is 2.52. The first-order chi connectivity index (χ1) is 9.22. The number of thiazole rings is 1. The van der Waals surface area contributed by atoms with Crippen LogP contribution in [0.3, 0.4) is 0 Å². The van der Waals surface area contributed by atoms with Gasteiger partial charge < -0.3 is 15.4 Å². The topological polar surface area (TPSA) is 89.9 Å². The second kappa shape index (κ2) is 4.63. The summed E-state index contributed by atoms with van der Waals surface area (Å²) in [5.41, 5.74) is 5.81. The molecule has 19 heavy (non-hydrogen) atoms. The van der Waals surface area contributed by atoms with E-state index >= 15 is 0 Å². The number of amides is 1. The minimum atomic E-state index is -0.586. The molecular weight excluding hydrogens is 268 g/mol. The summed E-state index contributed by atoms with van der Waals surface area (Å²) in [5, 5.41) is 1.85. The van der Waals surface area contributed by atoms with Gasteiger partial charge in [-0.15, -0.1) is 11.3 Å². The van der Waals surface area contributed by atoms with E-state index in [1.54, 1.807) is 15.5 Å². The molecule has 0 saturated carbocycles. The van der Waals surface area contributed by atoms with E-state index in [9.17, 15) is 9.59 Å². The molecule has 0 aromatic carbocycles. The number of primary amides is 1. The maximum atomic E-state index is 11.5. The highest BCUT2D eigenvalue weighted by molar-refractivity contribution is 7.15. The monoisotopic (exact) mass is 280 g/mol. The fourth-order valence-corrected chi connectivity index (χ4v) is 2.92. The fourth-order valence-electron chi connectivity index (χ4n) is 2.21. The zero-order valence-corrected chi connectivity index (χ0v) is 10.8. The number of hydrogen-bond donors (Lipinski definition) is 1. The molecule has 0 radical (unpaired) electrons. The first kappa shape index (κ1) is 12.1. The number of nitrogens with zero attached hydrogens (tertiary/aromatic N) is 3. The van der Waals surface area contributed by atoms with E-state index in [-0.39, 0.29) is 6.61 Å². The van der Waals surface area contributed by atoms with Gasteiger partial charge in [-0.3, -0.25) is 14.0 Å². The first-order valence-corrected chi connectivity index (χ1v) is 6.64. The number of ether oxygens (including phenoxy) is 1. The van der Waals surface area contributed by atoms with Gasteiger partial charge in [0.15, 0.2) is 17.1 Å². The number of hydrogen-bond acceptors (Lipinski definition) is 6. The lowest BCUT2D eigenvalue weighted by Gasteiger charge is -2.33. The normalized spacial score (nSPS) is 19.8. The molecule has 1 amide bonds. The predicted molar refractivity (Wildman–Crippen MR) is 69.6 cm³/mol. The summed E-state index contributed by atoms with van der Waals surface area (Å²) in [7, 11) is 0. The lowest BCUT2D eigenvalue weighted by Crippen LogP contribution is -2.53. The van der Waals surface area contributed by atoms with Crippen molar-refractivity contribution in [1.82, 2.24) is 9.38 Å². The number of morpholine rings is 1. The van der Waals surface area contributed by atoms with Crippen LogP contribution >= 0.6 is 11.3 Å². The van der Waals surface area contributed by atoms with Crippen molar-refractivity contribution >= 4 is 34.3 Å². The number of aldehydes is 1. The van der Waals surface area contributed by atoms with Crippen molar-refractivity contribution in [2.45, 2.75) is 6.04 Å². The quantitative estimate of drug-likeness (QED) is 0.793. The SMILES string of the molecule is NC(=O)C1COCCN1c1nc2sccn2c1C=O. The van der Waals surface area contributed by atoms with Crippen LogP contribution in [0.25, 0.3) is 4.96 Å². The molecule has 1 aliphatic heterocycles. The third-order valence-corrected chi connectivity index (χ3v) is 3.88. The van der Waals surface area contributed by atoms with E-state index in [2.05, 4.69) is 4.98 Å². The zero-order chi connectivity index (χ0) is 13.4. The van der Waals surface area contributed by atoms with Gasteiger partial charge >= 0.3 is 0 Å². The second-order valence-electron chi connectivity index (χ2n) is 4.18. The van der Waals surface area contributed by atoms with Crippen LogP contribution in [0.4, 0.5) is 5.82 Å². The molecule has 1 saturated heterocycles. The van der Waals surface area contributed by atoms with Crippen molar-refractivity contribution in [2.24, 2.45) is 5.73 Å². The molecule has 2 N–H and O–H groups in total. The van der Waals surface area contributed by atoms with Crippen molar-refractivity contribution in [2.75, 3.05) is 24.7 Å². The Morgan fingerprint density at radius 1 is 1.63 bits per heavy atom.